The minimum atomic E-state index is -0.935. The van der Waals surface area contributed by atoms with Gasteiger partial charge in [-0.05, 0) is 26.2 Å². The van der Waals surface area contributed by atoms with E-state index in [9.17, 15) is 9.59 Å². The summed E-state index contributed by atoms with van der Waals surface area (Å²) in [5, 5.41) is 7.89. The molecule has 0 fully saturated rings. The lowest BCUT2D eigenvalue weighted by atomic mass is 10.1. The molecule has 0 radical (unpaired) electrons. The van der Waals surface area contributed by atoms with Gasteiger partial charge in [0.2, 0.25) is 0 Å². The van der Waals surface area contributed by atoms with Crippen molar-refractivity contribution in [3.05, 3.63) is 24.3 Å². The molecule has 0 aliphatic rings. The van der Waals surface area contributed by atoms with Crippen molar-refractivity contribution in [3.63, 3.8) is 0 Å². The molecule has 4 heteroatoms. The molecule has 0 aromatic heterocycles. The summed E-state index contributed by atoms with van der Waals surface area (Å²) in [7, 11) is 0. The molecule has 0 aromatic rings. The van der Waals surface area contributed by atoms with Gasteiger partial charge in [0.25, 0.3) is 0 Å². The highest BCUT2D eigenvalue weighted by atomic mass is 16.5. The molecule has 0 saturated heterocycles. The van der Waals surface area contributed by atoms with E-state index in [1.54, 1.807) is 6.92 Å². The van der Waals surface area contributed by atoms with Crippen molar-refractivity contribution in [2.24, 2.45) is 5.92 Å². The molecule has 1 N–H and O–H groups in total. The van der Waals surface area contributed by atoms with E-state index in [1.165, 1.54) is 6.92 Å². The van der Waals surface area contributed by atoms with E-state index >= 15 is 0 Å². The van der Waals surface area contributed by atoms with Gasteiger partial charge in [0, 0.05) is 11.1 Å². The van der Waals surface area contributed by atoms with Crippen LogP contribution in [-0.2, 0) is 14.3 Å². The summed E-state index contributed by atoms with van der Waals surface area (Å²) in [4.78, 5) is 20.4. The van der Waals surface area contributed by atoms with Crippen LogP contribution in [0.5, 0.6) is 0 Å². The fourth-order valence-electron chi connectivity index (χ4n) is 0.511. The smallest absolute Gasteiger partial charge is 0.333 e. The van der Waals surface area contributed by atoms with Gasteiger partial charge in [-0.25, -0.2) is 9.59 Å². The maximum absolute atomic E-state index is 10.8. The van der Waals surface area contributed by atoms with E-state index in [-0.39, 0.29) is 11.5 Å². The monoisotopic (exact) mass is 242 g/mol. The molecule has 17 heavy (non-hydrogen) atoms. The van der Waals surface area contributed by atoms with Crippen LogP contribution in [0.3, 0.4) is 0 Å². The van der Waals surface area contributed by atoms with Crippen molar-refractivity contribution in [2.75, 3.05) is 6.61 Å². The Kier molecular flexibility index (Phi) is 10.1. The zero-order valence-corrected chi connectivity index (χ0v) is 11.1. The standard InChI is InChI=1S/C9H16O2.C4H6O2/c1-7(2)5-6-11-9(10)8(3)4;1-3(2)4(5)6/h7H,3,5-6H2,1-2,4H3;1H2,2H3,(H,5,6). The van der Waals surface area contributed by atoms with Crippen molar-refractivity contribution in [2.45, 2.75) is 34.1 Å². The van der Waals surface area contributed by atoms with Crippen LogP contribution in [-0.4, -0.2) is 23.7 Å². The number of hydrogen-bond acceptors (Lipinski definition) is 3. The highest BCUT2D eigenvalue weighted by Gasteiger charge is 2.02. The predicted octanol–water partition coefficient (Wildman–Crippen LogP) is 2.80. The summed E-state index contributed by atoms with van der Waals surface area (Å²) >= 11 is 0. The van der Waals surface area contributed by atoms with Crippen molar-refractivity contribution < 1.29 is 19.4 Å². The topological polar surface area (TPSA) is 63.6 Å². The molecule has 0 heterocycles. The minimum Gasteiger partial charge on any atom is -0.478 e. The Bertz CT molecular complexity index is 278. The van der Waals surface area contributed by atoms with Crippen LogP contribution in [0.15, 0.2) is 24.3 Å². The van der Waals surface area contributed by atoms with Crippen molar-refractivity contribution in [3.8, 4) is 0 Å². The fraction of sp³-hybridized carbons (Fsp3) is 0.538. The molecule has 0 saturated carbocycles. The zero-order valence-electron chi connectivity index (χ0n) is 11.1. The Morgan fingerprint density at radius 2 is 1.59 bits per heavy atom. The number of esters is 1. The summed E-state index contributed by atoms with van der Waals surface area (Å²) in [6, 6.07) is 0. The van der Waals surface area contributed by atoms with E-state index in [4.69, 9.17) is 9.84 Å². The lowest BCUT2D eigenvalue weighted by molar-refractivity contribution is -0.139. The average molecular weight is 242 g/mol. The van der Waals surface area contributed by atoms with Gasteiger partial charge in [-0.1, -0.05) is 27.0 Å². The quantitative estimate of drug-likeness (QED) is 0.594. The average Bonchev–Trinajstić information content (AvgIpc) is 2.17. The summed E-state index contributed by atoms with van der Waals surface area (Å²) in [5.41, 5.74) is 0.642. The summed E-state index contributed by atoms with van der Waals surface area (Å²) in [6.45, 7) is 14.4. The molecule has 0 unspecified atom stereocenters. The molecule has 0 rings (SSSR count). The lowest BCUT2D eigenvalue weighted by Crippen LogP contribution is -2.07. The van der Waals surface area contributed by atoms with Gasteiger partial charge in [0.15, 0.2) is 0 Å². The highest BCUT2D eigenvalue weighted by Crippen LogP contribution is 2.00. The third kappa shape index (κ3) is 14.4. The summed E-state index contributed by atoms with van der Waals surface area (Å²) in [5.74, 6) is -0.645. The second-order valence-corrected chi connectivity index (χ2v) is 4.18. The van der Waals surface area contributed by atoms with E-state index in [0.29, 0.717) is 18.1 Å². The van der Waals surface area contributed by atoms with Crippen LogP contribution in [0.25, 0.3) is 0 Å². The molecule has 0 bridgehead atoms. The number of hydrogen-bond donors (Lipinski definition) is 1. The largest absolute Gasteiger partial charge is 0.478 e. The van der Waals surface area contributed by atoms with Crippen molar-refractivity contribution >= 4 is 11.9 Å². The number of ether oxygens (including phenoxy) is 1. The molecule has 0 spiro atoms. The van der Waals surface area contributed by atoms with Gasteiger partial charge >= 0.3 is 11.9 Å². The Balaban J connectivity index is 0. The predicted molar refractivity (Wildman–Crippen MR) is 67.7 cm³/mol. The van der Waals surface area contributed by atoms with Gasteiger partial charge in [-0.3, -0.25) is 0 Å². The molecule has 98 valence electrons. The van der Waals surface area contributed by atoms with Crippen LogP contribution in [0, 0.1) is 5.92 Å². The second-order valence-electron chi connectivity index (χ2n) is 4.18. The Morgan fingerprint density at radius 1 is 1.18 bits per heavy atom. The number of carbonyl (C=O) groups excluding carboxylic acids is 1. The van der Waals surface area contributed by atoms with Crippen molar-refractivity contribution in [1.29, 1.82) is 0 Å². The van der Waals surface area contributed by atoms with Gasteiger partial charge in [-0.15, -0.1) is 0 Å². The molecular formula is C13H22O4. The molecule has 4 nitrogen and oxygen atoms in total. The van der Waals surface area contributed by atoms with Crippen LogP contribution < -0.4 is 0 Å². The third-order valence-corrected chi connectivity index (χ3v) is 1.64. The number of rotatable bonds is 5. The molecule has 0 aliphatic carbocycles. The van der Waals surface area contributed by atoms with Crippen LogP contribution in [0.1, 0.15) is 34.1 Å². The molecule has 0 aliphatic heterocycles. The lowest BCUT2D eigenvalue weighted by Gasteiger charge is -2.05. The number of aliphatic carboxylic acids is 1. The molecule has 0 atom stereocenters. The zero-order chi connectivity index (χ0) is 14.0. The maximum atomic E-state index is 10.8. The van der Waals surface area contributed by atoms with E-state index in [1.807, 2.05) is 0 Å². The Labute approximate surface area is 103 Å². The second kappa shape index (κ2) is 9.63. The first kappa shape index (κ1) is 17.8. The van der Waals surface area contributed by atoms with E-state index < -0.39 is 5.97 Å². The van der Waals surface area contributed by atoms with Gasteiger partial charge in [0.05, 0.1) is 6.61 Å². The first-order valence-electron chi connectivity index (χ1n) is 5.39. The van der Waals surface area contributed by atoms with E-state index in [2.05, 4.69) is 27.0 Å². The van der Waals surface area contributed by atoms with Crippen LogP contribution >= 0.6 is 0 Å². The fourth-order valence-corrected chi connectivity index (χ4v) is 0.511. The van der Waals surface area contributed by atoms with Crippen LogP contribution in [0.4, 0.5) is 0 Å². The molecular weight excluding hydrogens is 220 g/mol. The highest BCUT2D eigenvalue weighted by molar-refractivity contribution is 5.86. The number of carboxylic acids is 1. The van der Waals surface area contributed by atoms with Gasteiger partial charge in [-0.2, -0.15) is 0 Å². The number of carbonyl (C=O) groups is 2. The van der Waals surface area contributed by atoms with E-state index in [0.717, 1.165) is 6.42 Å². The maximum Gasteiger partial charge on any atom is 0.333 e. The summed E-state index contributed by atoms with van der Waals surface area (Å²) in [6.07, 6.45) is 0.916. The third-order valence-electron chi connectivity index (χ3n) is 1.64. The summed E-state index contributed by atoms with van der Waals surface area (Å²) < 4.78 is 4.88. The van der Waals surface area contributed by atoms with Crippen molar-refractivity contribution in [1.82, 2.24) is 0 Å². The first-order chi connectivity index (χ1) is 7.68. The Morgan fingerprint density at radius 3 is 1.82 bits per heavy atom. The molecule has 0 aromatic carbocycles. The number of carboxylic acid groups (broad SMARTS) is 1. The van der Waals surface area contributed by atoms with Gasteiger partial charge < -0.3 is 9.84 Å². The first-order valence-corrected chi connectivity index (χ1v) is 5.39. The minimum absolute atomic E-state index is 0.176. The SMILES string of the molecule is C=C(C)C(=O)O.C=C(C)C(=O)OCCC(C)C. The molecule has 0 amide bonds. The Hall–Kier alpha value is -1.58. The van der Waals surface area contributed by atoms with Crippen LogP contribution in [0.2, 0.25) is 0 Å². The van der Waals surface area contributed by atoms with Gasteiger partial charge in [0.1, 0.15) is 0 Å². The normalized spacial score (nSPS) is 9.00.